The first-order valence-corrected chi connectivity index (χ1v) is 6.82. The smallest absolute Gasteiger partial charge is 0.313 e. The van der Waals surface area contributed by atoms with E-state index in [-0.39, 0.29) is 23.3 Å². The van der Waals surface area contributed by atoms with Crippen LogP contribution < -0.4 is 11.2 Å². The lowest BCUT2D eigenvalue weighted by Gasteiger charge is -2.21. The predicted octanol–water partition coefficient (Wildman–Crippen LogP) is 1.74. The predicted molar refractivity (Wildman–Crippen MR) is 72.5 cm³/mol. The van der Waals surface area contributed by atoms with Crippen molar-refractivity contribution < 1.29 is 4.79 Å². The van der Waals surface area contributed by atoms with Crippen LogP contribution in [0.25, 0.3) is 0 Å². The summed E-state index contributed by atoms with van der Waals surface area (Å²) >= 11 is 0. The molecule has 104 valence electrons. The number of aromatic nitrogens is 2. The summed E-state index contributed by atoms with van der Waals surface area (Å²) in [6.45, 7) is 5.55. The van der Waals surface area contributed by atoms with Crippen LogP contribution in [0.1, 0.15) is 56.4 Å². The molecule has 0 aliphatic heterocycles. The van der Waals surface area contributed by atoms with Gasteiger partial charge in [0.2, 0.25) is 0 Å². The Morgan fingerprint density at radius 2 is 2.11 bits per heavy atom. The summed E-state index contributed by atoms with van der Waals surface area (Å²) < 4.78 is 1.25. The van der Waals surface area contributed by atoms with E-state index in [2.05, 4.69) is 18.8 Å². The van der Waals surface area contributed by atoms with Crippen molar-refractivity contribution in [1.82, 2.24) is 9.55 Å². The van der Waals surface area contributed by atoms with Crippen molar-refractivity contribution in [1.29, 1.82) is 0 Å². The van der Waals surface area contributed by atoms with Crippen molar-refractivity contribution in [2.75, 3.05) is 0 Å². The highest BCUT2D eigenvalue weighted by Gasteiger charge is 2.34. The monoisotopic (exact) mass is 264 g/mol. The average molecular weight is 264 g/mol. The van der Waals surface area contributed by atoms with E-state index < -0.39 is 11.2 Å². The molecular formula is C14H20N2O3. The van der Waals surface area contributed by atoms with E-state index in [0.29, 0.717) is 5.92 Å². The second kappa shape index (κ2) is 5.15. The molecule has 19 heavy (non-hydrogen) atoms. The van der Waals surface area contributed by atoms with Crippen molar-refractivity contribution in [3.8, 4) is 0 Å². The fourth-order valence-corrected chi connectivity index (χ4v) is 3.21. The summed E-state index contributed by atoms with van der Waals surface area (Å²) in [4.78, 5) is 38.1. The Balaban J connectivity index is 2.52. The molecule has 0 saturated heterocycles. The van der Waals surface area contributed by atoms with Gasteiger partial charge in [0, 0.05) is 12.2 Å². The van der Waals surface area contributed by atoms with Crippen LogP contribution in [0.3, 0.4) is 0 Å². The Morgan fingerprint density at radius 1 is 1.42 bits per heavy atom. The van der Waals surface area contributed by atoms with Gasteiger partial charge in [-0.15, -0.1) is 0 Å². The standard InChI is InChI=1S/C14H20N2O3/c1-4-10-5-6-12(8(10)2)16-13(18)11(9(3)17)7-15-14(16)19/h7-8,10,12H,4-6H2,1-3H3,(H,15,19). The van der Waals surface area contributed by atoms with Crippen LogP contribution in [0.4, 0.5) is 0 Å². The van der Waals surface area contributed by atoms with Crippen molar-refractivity contribution >= 4 is 5.78 Å². The number of aromatic amines is 1. The second-order valence-electron chi connectivity index (χ2n) is 5.41. The normalized spacial score (nSPS) is 26.6. The van der Waals surface area contributed by atoms with Gasteiger partial charge in [0.05, 0.1) is 5.56 Å². The van der Waals surface area contributed by atoms with Gasteiger partial charge < -0.3 is 4.98 Å². The third kappa shape index (κ3) is 2.29. The van der Waals surface area contributed by atoms with Gasteiger partial charge in [0.25, 0.3) is 5.56 Å². The van der Waals surface area contributed by atoms with Crippen LogP contribution in [0.2, 0.25) is 0 Å². The summed E-state index contributed by atoms with van der Waals surface area (Å²) in [6.07, 6.45) is 4.12. The molecule has 3 unspecified atom stereocenters. The van der Waals surface area contributed by atoms with E-state index in [4.69, 9.17) is 0 Å². The maximum absolute atomic E-state index is 12.3. The molecular weight excluding hydrogens is 244 g/mol. The fraction of sp³-hybridized carbons (Fsp3) is 0.643. The molecule has 0 bridgehead atoms. The van der Waals surface area contributed by atoms with E-state index in [1.165, 1.54) is 17.7 Å². The number of nitrogens with zero attached hydrogens (tertiary/aromatic N) is 1. The topological polar surface area (TPSA) is 71.9 Å². The lowest BCUT2D eigenvalue weighted by Crippen LogP contribution is -2.41. The van der Waals surface area contributed by atoms with Crippen molar-refractivity contribution in [3.05, 3.63) is 32.6 Å². The Morgan fingerprint density at radius 3 is 2.63 bits per heavy atom. The number of rotatable bonds is 3. The highest BCUT2D eigenvalue weighted by molar-refractivity contribution is 5.93. The van der Waals surface area contributed by atoms with Crippen LogP contribution in [0.15, 0.2) is 15.8 Å². The maximum atomic E-state index is 12.3. The summed E-state index contributed by atoms with van der Waals surface area (Å²) in [6, 6.07) is -0.0968. The highest BCUT2D eigenvalue weighted by atomic mass is 16.2. The molecule has 1 fully saturated rings. The minimum absolute atomic E-state index is 0.0618. The summed E-state index contributed by atoms with van der Waals surface area (Å²) in [7, 11) is 0. The minimum Gasteiger partial charge on any atom is -0.313 e. The number of ketones is 1. The Labute approximate surface area is 111 Å². The largest absolute Gasteiger partial charge is 0.328 e. The first kappa shape index (κ1) is 13.8. The molecule has 1 heterocycles. The van der Waals surface area contributed by atoms with Crippen molar-refractivity contribution in [2.45, 2.75) is 46.1 Å². The summed E-state index contributed by atoms with van der Waals surface area (Å²) in [5.74, 6) is 0.510. The molecule has 5 heteroatoms. The number of carbonyl (C=O) groups excluding carboxylic acids is 1. The van der Waals surface area contributed by atoms with Gasteiger partial charge in [-0.25, -0.2) is 4.79 Å². The van der Waals surface area contributed by atoms with Crippen LogP contribution in [0.5, 0.6) is 0 Å². The third-order valence-corrected chi connectivity index (χ3v) is 4.43. The van der Waals surface area contributed by atoms with Crippen LogP contribution >= 0.6 is 0 Å². The number of Topliss-reactive ketones (excluding diaryl/α,β-unsaturated/α-hetero) is 1. The van der Waals surface area contributed by atoms with Crippen LogP contribution in [-0.2, 0) is 0 Å². The highest BCUT2D eigenvalue weighted by Crippen LogP contribution is 2.40. The van der Waals surface area contributed by atoms with Gasteiger partial charge in [-0.3, -0.25) is 14.2 Å². The van der Waals surface area contributed by atoms with Crippen LogP contribution in [-0.4, -0.2) is 15.3 Å². The number of carbonyl (C=O) groups is 1. The van der Waals surface area contributed by atoms with E-state index in [9.17, 15) is 14.4 Å². The molecule has 0 radical (unpaired) electrons. The number of hydrogen-bond acceptors (Lipinski definition) is 3. The molecule has 0 spiro atoms. The zero-order chi connectivity index (χ0) is 14.2. The van der Waals surface area contributed by atoms with Crippen molar-refractivity contribution in [2.24, 2.45) is 11.8 Å². The molecule has 1 aliphatic rings. The molecule has 1 aliphatic carbocycles. The molecule has 3 atom stereocenters. The first-order chi connectivity index (χ1) is 8.97. The van der Waals surface area contributed by atoms with E-state index >= 15 is 0 Å². The third-order valence-electron chi connectivity index (χ3n) is 4.43. The molecule has 5 nitrogen and oxygen atoms in total. The zero-order valence-electron chi connectivity index (χ0n) is 11.6. The van der Waals surface area contributed by atoms with Gasteiger partial charge in [-0.1, -0.05) is 20.3 Å². The maximum Gasteiger partial charge on any atom is 0.328 e. The van der Waals surface area contributed by atoms with Crippen molar-refractivity contribution in [3.63, 3.8) is 0 Å². The Bertz CT molecular complexity index is 599. The van der Waals surface area contributed by atoms with Gasteiger partial charge in [-0.2, -0.15) is 0 Å². The zero-order valence-corrected chi connectivity index (χ0v) is 11.6. The number of nitrogens with one attached hydrogen (secondary N) is 1. The quantitative estimate of drug-likeness (QED) is 0.845. The lowest BCUT2D eigenvalue weighted by molar-refractivity contribution is 0.101. The van der Waals surface area contributed by atoms with E-state index in [1.54, 1.807) is 0 Å². The minimum atomic E-state index is -0.454. The van der Waals surface area contributed by atoms with Gasteiger partial charge in [-0.05, 0) is 31.6 Å². The van der Waals surface area contributed by atoms with Gasteiger partial charge >= 0.3 is 5.69 Å². The second-order valence-corrected chi connectivity index (χ2v) is 5.41. The van der Waals surface area contributed by atoms with E-state index in [1.807, 2.05) is 0 Å². The molecule has 1 aromatic rings. The fourth-order valence-electron chi connectivity index (χ4n) is 3.21. The molecule has 1 aromatic heterocycles. The summed E-state index contributed by atoms with van der Waals surface area (Å²) in [5, 5.41) is 0. The van der Waals surface area contributed by atoms with E-state index in [0.717, 1.165) is 19.3 Å². The molecule has 0 amide bonds. The Hall–Kier alpha value is -1.65. The lowest BCUT2D eigenvalue weighted by atomic mass is 9.93. The van der Waals surface area contributed by atoms with Gasteiger partial charge in [0.15, 0.2) is 5.78 Å². The molecule has 1 N–H and O–H groups in total. The average Bonchev–Trinajstić information content (AvgIpc) is 2.70. The molecule has 2 rings (SSSR count). The molecule has 1 saturated carbocycles. The number of H-pyrrole nitrogens is 1. The Kier molecular flexibility index (Phi) is 3.73. The first-order valence-electron chi connectivity index (χ1n) is 6.82. The number of hydrogen-bond donors (Lipinski definition) is 1. The summed E-state index contributed by atoms with van der Waals surface area (Å²) in [5.41, 5.74) is -0.805. The SMILES string of the molecule is CCC1CCC(n2c(=O)[nH]cc(C(C)=O)c2=O)C1C. The van der Waals surface area contributed by atoms with Crippen LogP contribution in [0, 0.1) is 11.8 Å². The van der Waals surface area contributed by atoms with Gasteiger partial charge in [0.1, 0.15) is 0 Å². The molecule has 0 aromatic carbocycles.